The van der Waals surface area contributed by atoms with Gasteiger partial charge in [0.2, 0.25) is 0 Å². The number of anilines is 1. The number of nitrogen functional groups attached to an aromatic ring is 1. The molecule has 0 unspecified atom stereocenters. The number of ether oxygens (including phenoxy) is 1. The van der Waals surface area contributed by atoms with Crippen LogP contribution in [0.4, 0.5) is 10.5 Å². The highest BCUT2D eigenvalue weighted by Gasteiger charge is 2.15. The molecule has 0 aliphatic heterocycles. The van der Waals surface area contributed by atoms with Gasteiger partial charge in [0.1, 0.15) is 5.60 Å². The van der Waals surface area contributed by atoms with Gasteiger partial charge < -0.3 is 15.8 Å². The van der Waals surface area contributed by atoms with Crippen LogP contribution in [-0.4, -0.2) is 16.7 Å². The van der Waals surface area contributed by atoms with Crippen LogP contribution >= 0.6 is 0 Å². The normalized spacial score (nSPS) is 11.0. The molecule has 0 atom stereocenters. The van der Waals surface area contributed by atoms with E-state index in [1.54, 1.807) is 6.20 Å². The highest BCUT2D eigenvalue weighted by atomic mass is 16.6. The van der Waals surface area contributed by atoms with E-state index in [1.807, 2.05) is 57.2 Å². The van der Waals surface area contributed by atoms with E-state index in [0.717, 1.165) is 16.8 Å². The van der Waals surface area contributed by atoms with Gasteiger partial charge in [0, 0.05) is 17.4 Å². The summed E-state index contributed by atoms with van der Waals surface area (Å²) in [5, 5.41) is 2.68. The molecule has 2 aromatic rings. The average Bonchev–Trinajstić information content (AvgIpc) is 2.44. The number of hydrogen-bond donors (Lipinski definition) is 2. The Morgan fingerprint density at radius 2 is 2.00 bits per heavy atom. The van der Waals surface area contributed by atoms with Crippen molar-refractivity contribution in [1.82, 2.24) is 10.3 Å². The number of amides is 1. The molecule has 0 fully saturated rings. The molecule has 0 saturated carbocycles. The van der Waals surface area contributed by atoms with E-state index in [9.17, 15) is 4.79 Å². The second-order valence-corrected chi connectivity index (χ2v) is 6.02. The van der Waals surface area contributed by atoms with Crippen molar-refractivity contribution >= 4 is 11.8 Å². The number of rotatable bonds is 3. The SMILES string of the molecule is CC(C)(C)OC(=O)NCc1ccc(-c2cccc(N)c2)cn1. The second-order valence-electron chi connectivity index (χ2n) is 6.02. The van der Waals surface area contributed by atoms with Crippen LogP contribution in [0.15, 0.2) is 42.6 Å². The van der Waals surface area contributed by atoms with Crippen molar-refractivity contribution in [3.05, 3.63) is 48.3 Å². The molecule has 22 heavy (non-hydrogen) atoms. The zero-order valence-electron chi connectivity index (χ0n) is 13.1. The van der Waals surface area contributed by atoms with Crippen LogP contribution in [0.3, 0.4) is 0 Å². The number of carbonyl (C=O) groups excluding carboxylic acids is 1. The highest BCUT2D eigenvalue weighted by Crippen LogP contribution is 2.20. The van der Waals surface area contributed by atoms with Crippen LogP contribution in [0.25, 0.3) is 11.1 Å². The fraction of sp³-hybridized carbons (Fsp3) is 0.294. The van der Waals surface area contributed by atoms with E-state index >= 15 is 0 Å². The van der Waals surface area contributed by atoms with Crippen molar-refractivity contribution in [3.8, 4) is 11.1 Å². The first-order valence-corrected chi connectivity index (χ1v) is 7.11. The number of pyridine rings is 1. The Kier molecular flexibility index (Phi) is 4.65. The molecule has 5 nitrogen and oxygen atoms in total. The minimum Gasteiger partial charge on any atom is -0.444 e. The van der Waals surface area contributed by atoms with Gasteiger partial charge in [0.05, 0.1) is 12.2 Å². The maximum absolute atomic E-state index is 11.6. The summed E-state index contributed by atoms with van der Waals surface area (Å²) >= 11 is 0. The van der Waals surface area contributed by atoms with Gasteiger partial charge in [-0.05, 0) is 44.5 Å². The van der Waals surface area contributed by atoms with E-state index in [0.29, 0.717) is 12.2 Å². The molecular formula is C17H21N3O2. The minimum absolute atomic E-state index is 0.326. The third-order valence-corrected chi connectivity index (χ3v) is 2.86. The van der Waals surface area contributed by atoms with Crippen LogP contribution in [0.5, 0.6) is 0 Å². The maximum Gasteiger partial charge on any atom is 0.407 e. The van der Waals surface area contributed by atoms with Crippen LogP contribution in [0, 0.1) is 0 Å². The zero-order chi connectivity index (χ0) is 16.2. The van der Waals surface area contributed by atoms with Crippen LogP contribution < -0.4 is 11.1 Å². The number of alkyl carbamates (subject to hydrolysis) is 1. The van der Waals surface area contributed by atoms with E-state index in [4.69, 9.17) is 10.5 Å². The third kappa shape index (κ3) is 4.77. The molecule has 116 valence electrons. The van der Waals surface area contributed by atoms with Crippen LogP contribution in [-0.2, 0) is 11.3 Å². The lowest BCUT2D eigenvalue weighted by Gasteiger charge is -2.19. The highest BCUT2D eigenvalue weighted by molar-refractivity contribution is 5.68. The number of nitrogens with one attached hydrogen (secondary N) is 1. The van der Waals surface area contributed by atoms with E-state index in [2.05, 4.69) is 10.3 Å². The number of carbonyl (C=O) groups is 1. The Labute approximate surface area is 130 Å². The molecule has 3 N–H and O–H groups in total. The van der Waals surface area contributed by atoms with E-state index in [1.165, 1.54) is 0 Å². The summed E-state index contributed by atoms with van der Waals surface area (Å²) < 4.78 is 5.17. The van der Waals surface area contributed by atoms with Gasteiger partial charge in [-0.3, -0.25) is 4.98 Å². The lowest BCUT2D eigenvalue weighted by Crippen LogP contribution is -2.32. The van der Waals surface area contributed by atoms with Gasteiger partial charge in [0.25, 0.3) is 0 Å². The standard InChI is InChI=1S/C17H21N3O2/c1-17(2,3)22-16(21)20-11-15-8-7-13(10-19-15)12-5-4-6-14(18)9-12/h4-10H,11,18H2,1-3H3,(H,20,21). The molecule has 0 radical (unpaired) electrons. The van der Waals surface area contributed by atoms with Crippen molar-refractivity contribution in [2.45, 2.75) is 32.9 Å². The van der Waals surface area contributed by atoms with Crippen LogP contribution in [0.2, 0.25) is 0 Å². The molecule has 0 bridgehead atoms. The van der Waals surface area contributed by atoms with Crippen molar-refractivity contribution in [1.29, 1.82) is 0 Å². The number of benzene rings is 1. The largest absolute Gasteiger partial charge is 0.444 e. The number of aromatic nitrogens is 1. The summed E-state index contributed by atoms with van der Waals surface area (Å²) in [6.07, 6.45) is 1.31. The number of hydrogen-bond acceptors (Lipinski definition) is 4. The molecule has 0 aliphatic carbocycles. The van der Waals surface area contributed by atoms with Gasteiger partial charge >= 0.3 is 6.09 Å². The summed E-state index contributed by atoms with van der Waals surface area (Å²) in [4.78, 5) is 15.9. The molecule has 1 aromatic heterocycles. The summed E-state index contributed by atoms with van der Waals surface area (Å²) in [6, 6.07) is 11.4. The van der Waals surface area contributed by atoms with E-state index in [-0.39, 0.29) is 0 Å². The molecule has 0 aliphatic rings. The molecule has 5 heteroatoms. The van der Waals surface area contributed by atoms with Crippen molar-refractivity contribution in [2.24, 2.45) is 0 Å². The van der Waals surface area contributed by atoms with Gasteiger partial charge in [0.15, 0.2) is 0 Å². The number of nitrogens with zero attached hydrogens (tertiary/aromatic N) is 1. The summed E-state index contributed by atoms with van der Waals surface area (Å²) in [5.41, 5.74) is 8.74. The molecule has 2 rings (SSSR count). The first kappa shape index (κ1) is 15.8. The van der Waals surface area contributed by atoms with Crippen LogP contribution in [0.1, 0.15) is 26.5 Å². The summed E-state index contributed by atoms with van der Waals surface area (Å²) in [5.74, 6) is 0. The van der Waals surface area contributed by atoms with Crippen molar-refractivity contribution < 1.29 is 9.53 Å². The van der Waals surface area contributed by atoms with Crippen molar-refractivity contribution in [3.63, 3.8) is 0 Å². The molecular weight excluding hydrogens is 278 g/mol. The Bertz CT molecular complexity index is 646. The van der Waals surface area contributed by atoms with Gasteiger partial charge in [-0.25, -0.2) is 4.79 Å². The number of nitrogens with two attached hydrogens (primary N) is 1. The Morgan fingerprint density at radius 1 is 1.23 bits per heavy atom. The maximum atomic E-state index is 11.6. The third-order valence-electron chi connectivity index (χ3n) is 2.86. The second kappa shape index (κ2) is 6.47. The smallest absolute Gasteiger partial charge is 0.407 e. The lowest BCUT2D eigenvalue weighted by molar-refractivity contribution is 0.0523. The molecule has 1 heterocycles. The summed E-state index contributed by atoms with van der Waals surface area (Å²) in [6.45, 7) is 5.80. The zero-order valence-corrected chi connectivity index (χ0v) is 13.1. The Balaban J connectivity index is 1.96. The quantitative estimate of drug-likeness (QED) is 0.852. The predicted octanol–water partition coefficient (Wildman–Crippen LogP) is 3.36. The fourth-order valence-electron chi connectivity index (χ4n) is 1.89. The molecule has 0 spiro atoms. The van der Waals surface area contributed by atoms with Crippen molar-refractivity contribution in [2.75, 3.05) is 5.73 Å². The van der Waals surface area contributed by atoms with Gasteiger partial charge in [-0.1, -0.05) is 18.2 Å². The predicted molar refractivity (Wildman–Crippen MR) is 87.2 cm³/mol. The first-order valence-electron chi connectivity index (χ1n) is 7.11. The monoisotopic (exact) mass is 299 g/mol. The minimum atomic E-state index is -0.505. The Morgan fingerprint density at radius 3 is 2.59 bits per heavy atom. The molecule has 1 amide bonds. The summed E-state index contributed by atoms with van der Waals surface area (Å²) in [7, 11) is 0. The topological polar surface area (TPSA) is 77.2 Å². The van der Waals surface area contributed by atoms with Gasteiger partial charge in [-0.15, -0.1) is 0 Å². The lowest BCUT2D eigenvalue weighted by atomic mass is 10.1. The van der Waals surface area contributed by atoms with Gasteiger partial charge in [-0.2, -0.15) is 0 Å². The van der Waals surface area contributed by atoms with E-state index < -0.39 is 11.7 Å². The Hall–Kier alpha value is -2.56. The average molecular weight is 299 g/mol. The molecule has 0 saturated heterocycles. The first-order chi connectivity index (χ1) is 10.3. The molecule has 1 aromatic carbocycles. The fourth-order valence-corrected chi connectivity index (χ4v) is 1.89.